The zero-order valence-corrected chi connectivity index (χ0v) is 12.8. The van der Waals surface area contributed by atoms with Crippen LogP contribution in [0.4, 0.5) is 10.5 Å². The van der Waals surface area contributed by atoms with Crippen molar-refractivity contribution >= 4 is 29.4 Å². The van der Waals surface area contributed by atoms with Gasteiger partial charge in [-0.3, -0.25) is 10.1 Å². The Kier molecular flexibility index (Phi) is 7.41. The van der Waals surface area contributed by atoms with Crippen LogP contribution in [0.1, 0.15) is 0 Å². The van der Waals surface area contributed by atoms with Crippen molar-refractivity contribution in [2.45, 2.75) is 4.90 Å². The molecule has 0 aliphatic rings. The van der Waals surface area contributed by atoms with Crippen LogP contribution in [0.2, 0.25) is 0 Å². The van der Waals surface area contributed by atoms with Gasteiger partial charge in [0.1, 0.15) is 5.75 Å². The molecule has 0 bridgehead atoms. The Hall–Kier alpha value is -1.93. The highest BCUT2D eigenvalue weighted by Gasteiger charge is 2.09. The van der Waals surface area contributed by atoms with Crippen LogP contribution >= 0.6 is 11.8 Å². The second-order valence-corrected chi connectivity index (χ2v) is 5.01. The molecule has 0 aliphatic carbocycles. The highest BCUT2D eigenvalue weighted by molar-refractivity contribution is 8.00. The van der Waals surface area contributed by atoms with Gasteiger partial charge in [0.25, 0.3) is 0 Å². The largest absolute Gasteiger partial charge is 0.497 e. The molecule has 0 spiro atoms. The van der Waals surface area contributed by atoms with E-state index in [9.17, 15) is 9.59 Å². The molecule has 0 heterocycles. The number of carbonyl (C=O) groups excluding carboxylic acids is 2. The van der Waals surface area contributed by atoms with Gasteiger partial charge in [0, 0.05) is 24.2 Å². The number of nitrogens with one attached hydrogen (secondary N) is 2. The Morgan fingerprint density at radius 3 is 2.76 bits per heavy atom. The number of anilines is 1. The van der Waals surface area contributed by atoms with E-state index in [4.69, 9.17) is 15.2 Å². The summed E-state index contributed by atoms with van der Waals surface area (Å²) in [5.41, 5.74) is 6.37. The number of amides is 3. The van der Waals surface area contributed by atoms with Gasteiger partial charge in [0.05, 0.1) is 19.5 Å². The van der Waals surface area contributed by atoms with Gasteiger partial charge in [-0.05, 0) is 18.2 Å². The lowest BCUT2D eigenvalue weighted by Crippen LogP contribution is -2.41. The Bertz CT molecular complexity index is 496. The smallest absolute Gasteiger partial charge is 0.321 e. The van der Waals surface area contributed by atoms with Crippen LogP contribution in [0.25, 0.3) is 0 Å². The lowest BCUT2D eigenvalue weighted by Gasteiger charge is -2.08. The van der Waals surface area contributed by atoms with Crippen molar-refractivity contribution in [1.82, 2.24) is 10.6 Å². The molecule has 0 atom stereocenters. The van der Waals surface area contributed by atoms with E-state index in [1.807, 2.05) is 0 Å². The molecule has 0 saturated carbocycles. The minimum atomic E-state index is -0.545. The summed E-state index contributed by atoms with van der Waals surface area (Å²) in [6.07, 6.45) is 0. The van der Waals surface area contributed by atoms with Crippen molar-refractivity contribution in [2.24, 2.45) is 0 Å². The van der Waals surface area contributed by atoms with E-state index in [0.29, 0.717) is 24.6 Å². The van der Waals surface area contributed by atoms with Crippen LogP contribution in [-0.2, 0) is 9.53 Å². The van der Waals surface area contributed by atoms with E-state index in [1.54, 1.807) is 25.3 Å². The van der Waals surface area contributed by atoms with Crippen LogP contribution in [0.15, 0.2) is 23.1 Å². The Balaban J connectivity index is 2.40. The molecule has 0 aromatic heterocycles. The van der Waals surface area contributed by atoms with Crippen LogP contribution in [0.3, 0.4) is 0 Å². The molecule has 8 heteroatoms. The fourth-order valence-electron chi connectivity index (χ4n) is 1.38. The molecular weight excluding hydrogens is 294 g/mol. The van der Waals surface area contributed by atoms with Crippen LogP contribution in [0, 0.1) is 0 Å². The number of carbonyl (C=O) groups is 2. The number of nitrogens with two attached hydrogens (primary N) is 1. The van der Waals surface area contributed by atoms with Crippen molar-refractivity contribution in [3.8, 4) is 5.75 Å². The average molecular weight is 313 g/mol. The van der Waals surface area contributed by atoms with Gasteiger partial charge in [0.2, 0.25) is 5.91 Å². The molecule has 0 unspecified atom stereocenters. The first-order valence-electron chi connectivity index (χ1n) is 6.19. The number of nitrogen functional groups attached to an aromatic ring is 1. The molecule has 1 aromatic rings. The summed E-state index contributed by atoms with van der Waals surface area (Å²) in [7, 11) is 3.08. The summed E-state index contributed by atoms with van der Waals surface area (Å²) in [5.74, 6) is 0.330. The molecule has 21 heavy (non-hydrogen) atoms. The van der Waals surface area contributed by atoms with Gasteiger partial charge in [-0.15, -0.1) is 11.8 Å². The molecule has 0 fully saturated rings. The van der Waals surface area contributed by atoms with Crippen LogP contribution in [0.5, 0.6) is 5.75 Å². The number of hydrogen-bond acceptors (Lipinski definition) is 6. The van der Waals surface area contributed by atoms with E-state index in [0.717, 1.165) is 4.90 Å². The van der Waals surface area contributed by atoms with Crippen LogP contribution < -0.4 is 21.1 Å². The minimum absolute atomic E-state index is 0.0784. The monoisotopic (exact) mass is 313 g/mol. The van der Waals surface area contributed by atoms with Gasteiger partial charge in [-0.1, -0.05) is 0 Å². The van der Waals surface area contributed by atoms with Gasteiger partial charge in [-0.2, -0.15) is 0 Å². The number of hydrogen-bond donors (Lipinski definition) is 3. The summed E-state index contributed by atoms with van der Waals surface area (Å²) in [4.78, 5) is 23.7. The number of methoxy groups -OCH3 is 2. The van der Waals surface area contributed by atoms with Gasteiger partial charge < -0.3 is 20.5 Å². The fourth-order valence-corrected chi connectivity index (χ4v) is 2.18. The first-order chi connectivity index (χ1) is 10.1. The molecular formula is C13H19N3O4S. The number of urea groups is 1. The summed E-state index contributed by atoms with van der Waals surface area (Å²) in [6.45, 7) is 0.724. The molecule has 7 nitrogen and oxygen atoms in total. The second kappa shape index (κ2) is 9.09. The highest BCUT2D eigenvalue weighted by Crippen LogP contribution is 2.28. The summed E-state index contributed by atoms with van der Waals surface area (Å²) in [6, 6.07) is 4.64. The van der Waals surface area contributed by atoms with E-state index >= 15 is 0 Å². The number of benzene rings is 1. The third kappa shape index (κ3) is 6.37. The Morgan fingerprint density at radius 1 is 1.33 bits per heavy atom. The van der Waals surface area contributed by atoms with Gasteiger partial charge >= 0.3 is 6.03 Å². The van der Waals surface area contributed by atoms with Crippen molar-refractivity contribution in [1.29, 1.82) is 0 Å². The first kappa shape index (κ1) is 17.1. The van der Waals surface area contributed by atoms with E-state index in [1.165, 1.54) is 18.9 Å². The third-order valence-corrected chi connectivity index (χ3v) is 3.50. The second-order valence-electron chi connectivity index (χ2n) is 3.99. The fraction of sp³-hybridized carbons (Fsp3) is 0.385. The van der Waals surface area contributed by atoms with Crippen molar-refractivity contribution in [2.75, 3.05) is 38.9 Å². The minimum Gasteiger partial charge on any atom is -0.497 e. The molecule has 0 saturated heterocycles. The molecule has 1 rings (SSSR count). The highest BCUT2D eigenvalue weighted by atomic mass is 32.2. The lowest BCUT2D eigenvalue weighted by atomic mass is 10.3. The number of ether oxygens (including phenoxy) is 2. The predicted octanol–water partition coefficient (Wildman–Crippen LogP) is 0.842. The topological polar surface area (TPSA) is 103 Å². The zero-order valence-electron chi connectivity index (χ0n) is 12.0. The number of thioether (sulfide) groups is 1. The van der Waals surface area contributed by atoms with Crippen molar-refractivity contribution in [3.63, 3.8) is 0 Å². The van der Waals surface area contributed by atoms with E-state index in [-0.39, 0.29) is 5.75 Å². The van der Waals surface area contributed by atoms with E-state index in [2.05, 4.69) is 10.6 Å². The zero-order chi connectivity index (χ0) is 15.7. The summed E-state index contributed by atoms with van der Waals surface area (Å²) < 4.78 is 9.87. The van der Waals surface area contributed by atoms with E-state index < -0.39 is 11.9 Å². The summed E-state index contributed by atoms with van der Waals surface area (Å²) >= 11 is 1.23. The maximum absolute atomic E-state index is 11.6. The summed E-state index contributed by atoms with van der Waals surface area (Å²) in [5, 5.41) is 4.71. The lowest BCUT2D eigenvalue weighted by molar-refractivity contribution is -0.117. The quantitative estimate of drug-likeness (QED) is 0.392. The number of imide groups is 1. The van der Waals surface area contributed by atoms with Gasteiger partial charge in [0.15, 0.2) is 0 Å². The van der Waals surface area contributed by atoms with Crippen molar-refractivity contribution in [3.05, 3.63) is 18.2 Å². The Morgan fingerprint density at radius 2 is 2.10 bits per heavy atom. The SMILES string of the molecule is COCCNC(=O)NC(=O)CSc1cc(OC)ccc1N. The standard InChI is InChI=1S/C13H19N3O4S/c1-19-6-5-15-13(18)16-12(17)8-21-11-7-9(20-2)3-4-10(11)14/h3-4,7H,5-6,8,14H2,1-2H3,(H2,15,16,17,18). The van der Waals surface area contributed by atoms with Crippen LogP contribution in [-0.4, -0.2) is 45.1 Å². The van der Waals surface area contributed by atoms with Crippen molar-refractivity contribution < 1.29 is 19.1 Å². The molecule has 1 aromatic carbocycles. The molecule has 3 amide bonds. The van der Waals surface area contributed by atoms with Gasteiger partial charge in [-0.25, -0.2) is 4.79 Å². The normalized spacial score (nSPS) is 10.0. The maximum atomic E-state index is 11.6. The Labute approximate surface area is 127 Å². The number of rotatable bonds is 7. The maximum Gasteiger partial charge on any atom is 0.321 e. The first-order valence-corrected chi connectivity index (χ1v) is 7.18. The third-order valence-electron chi connectivity index (χ3n) is 2.42. The molecule has 0 radical (unpaired) electrons. The predicted molar refractivity (Wildman–Crippen MR) is 81.5 cm³/mol. The molecule has 0 aliphatic heterocycles. The molecule has 116 valence electrons. The molecule has 4 N–H and O–H groups in total. The average Bonchev–Trinajstić information content (AvgIpc) is 2.46.